The van der Waals surface area contributed by atoms with Gasteiger partial charge in [-0.2, -0.15) is 0 Å². The van der Waals surface area contributed by atoms with E-state index in [1.54, 1.807) is 0 Å². The Labute approximate surface area is 115 Å². The van der Waals surface area contributed by atoms with E-state index in [2.05, 4.69) is 0 Å². The molecular weight excluding hydrogens is 272 g/mol. The molecule has 0 aromatic rings. The molecule has 4 heterocycles. The molecule has 4 aliphatic rings. The Morgan fingerprint density at radius 2 is 0.650 bits per heavy atom. The van der Waals surface area contributed by atoms with E-state index in [-0.39, 0.29) is 50.8 Å². The molecule has 8 atom stereocenters. The zero-order chi connectivity index (χ0) is 14.3. The predicted molar refractivity (Wildman–Crippen MR) is 63.0 cm³/mol. The minimum absolute atomic E-state index is 0.284. The summed E-state index contributed by atoms with van der Waals surface area (Å²) in [5.41, 5.74) is 0. The van der Waals surface area contributed by atoms with Crippen LogP contribution in [-0.4, -0.2) is 95.7 Å². The quantitative estimate of drug-likeness (QED) is 0.373. The molecule has 4 aliphatic heterocycles. The Kier molecular flexibility index (Phi) is 4.25. The Morgan fingerprint density at radius 1 is 0.450 bits per heavy atom. The van der Waals surface area contributed by atoms with Crippen molar-refractivity contribution in [1.29, 1.82) is 0 Å². The SMILES string of the molecule is OC1COC2C(O)COC12.OC1COC2C(O)COC12. The standard InChI is InChI=1S/2C6H10O4/c2*7-3-1-9-6-4(8)2-10-5(3)6/h2*3-8H,1-2H2. The highest BCUT2D eigenvalue weighted by atomic mass is 16.6. The van der Waals surface area contributed by atoms with Crippen molar-refractivity contribution in [2.24, 2.45) is 0 Å². The first-order valence-electron chi connectivity index (χ1n) is 6.76. The lowest BCUT2D eigenvalue weighted by Crippen LogP contribution is -2.30. The number of aliphatic hydroxyl groups is 4. The van der Waals surface area contributed by atoms with Gasteiger partial charge in [-0.05, 0) is 0 Å². The Morgan fingerprint density at radius 3 is 0.850 bits per heavy atom. The molecule has 8 heteroatoms. The smallest absolute Gasteiger partial charge is 0.114 e. The third-order valence-electron chi connectivity index (χ3n) is 4.00. The van der Waals surface area contributed by atoms with Crippen LogP contribution in [0.4, 0.5) is 0 Å². The van der Waals surface area contributed by atoms with Crippen LogP contribution in [0.2, 0.25) is 0 Å². The van der Waals surface area contributed by atoms with Gasteiger partial charge in [-0.1, -0.05) is 0 Å². The number of hydrogen-bond donors (Lipinski definition) is 4. The van der Waals surface area contributed by atoms with E-state index in [4.69, 9.17) is 39.4 Å². The van der Waals surface area contributed by atoms with E-state index in [1.807, 2.05) is 0 Å². The molecule has 0 radical (unpaired) electrons. The second-order valence-electron chi connectivity index (χ2n) is 5.46. The maximum absolute atomic E-state index is 9.16. The van der Waals surface area contributed by atoms with Crippen molar-refractivity contribution in [2.45, 2.75) is 48.8 Å². The molecule has 116 valence electrons. The van der Waals surface area contributed by atoms with Crippen LogP contribution in [0.15, 0.2) is 0 Å². The molecule has 20 heavy (non-hydrogen) atoms. The highest BCUT2D eigenvalue weighted by molar-refractivity contribution is 4.94. The molecule has 4 rings (SSSR count). The second kappa shape index (κ2) is 5.82. The molecule has 0 aromatic heterocycles. The molecule has 0 aliphatic carbocycles. The van der Waals surface area contributed by atoms with Gasteiger partial charge in [0, 0.05) is 0 Å². The van der Waals surface area contributed by atoms with Gasteiger partial charge < -0.3 is 39.4 Å². The van der Waals surface area contributed by atoms with E-state index in [0.717, 1.165) is 0 Å². The van der Waals surface area contributed by atoms with Gasteiger partial charge in [0.25, 0.3) is 0 Å². The fraction of sp³-hybridized carbons (Fsp3) is 1.00. The maximum Gasteiger partial charge on any atom is 0.114 e. The van der Waals surface area contributed by atoms with Crippen molar-refractivity contribution in [1.82, 2.24) is 0 Å². The summed E-state index contributed by atoms with van der Waals surface area (Å²) in [5, 5.41) is 36.6. The highest BCUT2D eigenvalue weighted by Crippen LogP contribution is 2.27. The summed E-state index contributed by atoms with van der Waals surface area (Å²) in [6, 6.07) is 0. The first kappa shape index (κ1) is 14.6. The van der Waals surface area contributed by atoms with Crippen molar-refractivity contribution in [3.8, 4) is 0 Å². The van der Waals surface area contributed by atoms with Crippen LogP contribution < -0.4 is 0 Å². The van der Waals surface area contributed by atoms with Crippen LogP contribution in [0.5, 0.6) is 0 Å². The first-order chi connectivity index (χ1) is 9.58. The summed E-state index contributed by atoms with van der Waals surface area (Å²) in [4.78, 5) is 0. The van der Waals surface area contributed by atoms with Crippen molar-refractivity contribution in [3.63, 3.8) is 0 Å². The molecule has 4 fully saturated rings. The largest absolute Gasteiger partial charge is 0.388 e. The Bertz CT molecular complexity index is 275. The molecule has 0 bridgehead atoms. The molecule has 8 nitrogen and oxygen atoms in total. The van der Waals surface area contributed by atoms with Crippen LogP contribution >= 0.6 is 0 Å². The van der Waals surface area contributed by atoms with Crippen LogP contribution in [0.1, 0.15) is 0 Å². The zero-order valence-corrected chi connectivity index (χ0v) is 10.9. The fourth-order valence-corrected chi connectivity index (χ4v) is 2.92. The van der Waals surface area contributed by atoms with E-state index in [1.165, 1.54) is 0 Å². The topological polar surface area (TPSA) is 118 Å². The number of rotatable bonds is 0. The van der Waals surface area contributed by atoms with Gasteiger partial charge in [0.1, 0.15) is 48.8 Å². The van der Waals surface area contributed by atoms with Crippen LogP contribution in [0.25, 0.3) is 0 Å². The molecule has 4 saturated heterocycles. The number of fused-ring (bicyclic) bond motifs is 2. The lowest BCUT2D eigenvalue weighted by molar-refractivity contribution is 0.00201. The fourth-order valence-electron chi connectivity index (χ4n) is 2.92. The molecule has 0 amide bonds. The van der Waals surface area contributed by atoms with Gasteiger partial charge in [-0.15, -0.1) is 0 Å². The lowest BCUT2D eigenvalue weighted by atomic mass is 10.1. The summed E-state index contributed by atoms with van der Waals surface area (Å²) in [6.45, 7) is 1.14. The molecule has 8 unspecified atom stereocenters. The lowest BCUT2D eigenvalue weighted by Gasteiger charge is -2.09. The van der Waals surface area contributed by atoms with E-state index in [0.29, 0.717) is 0 Å². The Hall–Kier alpha value is -0.320. The monoisotopic (exact) mass is 292 g/mol. The summed E-state index contributed by atoms with van der Waals surface area (Å²) in [6.07, 6.45) is -3.40. The third kappa shape index (κ3) is 2.58. The maximum atomic E-state index is 9.16. The highest BCUT2D eigenvalue weighted by Gasteiger charge is 2.47. The molecular formula is C12H20O8. The molecule has 0 aromatic carbocycles. The van der Waals surface area contributed by atoms with E-state index < -0.39 is 24.4 Å². The first-order valence-corrected chi connectivity index (χ1v) is 6.76. The van der Waals surface area contributed by atoms with Gasteiger partial charge in [-0.25, -0.2) is 0 Å². The summed E-state index contributed by atoms with van der Waals surface area (Å²) in [5.74, 6) is 0. The average Bonchev–Trinajstić information content (AvgIpc) is 3.13. The summed E-state index contributed by atoms with van der Waals surface area (Å²) >= 11 is 0. The normalized spacial score (nSPS) is 53.4. The minimum Gasteiger partial charge on any atom is -0.388 e. The second-order valence-corrected chi connectivity index (χ2v) is 5.46. The summed E-state index contributed by atoms with van der Waals surface area (Å²) < 4.78 is 20.3. The van der Waals surface area contributed by atoms with Crippen molar-refractivity contribution >= 4 is 0 Å². The zero-order valence-electron chi connectivity index (χ0n) is 10.9. The van der Waals surface area contributed by atoms with Crippen molar-refractivity contribution in [3.05, 3.63) is 0 Å². The van der Waals surface area contributed by atoms with Crippen LogP contribution in [0, 0.1) is 0 Å². The van der Waals surface area contributed by atoms with Gasteiger partial charge in [0.05, 0.1) is 26.4 Å². The van der Waals surface area contributed by atoms with Crippen molar-refractivity contribution in [2.75, 3.05) is 26.4 Å². The summed E-state index contributed by atoms with van der Waals surface area (Å²) in [7, 11) is 0. The van der Waals surface area contributed by atoms with E-state index >= 15 is 0 Å². The molecule has 0 spiro atoms. The average molecular weight is 292 g/mol. The predicted octanol–water partition coefficient (Wildman–Crippen LogP) is -2.99. The van der Waals surface area contributed by atoms with E-state index in [9.17, 15) is 0 Å². The third-order valence-corrected chi connectivity index (χ3v) is 4.00. The van der Waals surface area contributed by atoms with Gasteiger partial charge in [0.15, 0.2) is 0 Å². The van der Waals surface area contributed by atoms with Gasteiger partial charge in [0.2, 0.25) is 0 Å². The molecule has 4 N–H and O–H groups in total. The van der Waals surface area contributed by atoms with Crippen molar-refractivity contribution < 1.29 is 39.4 Å². The van der Waals surface area contributed by atoms with Gasteiger partial charge >= 0.3 is 0 Å². The Balaban J connectivity index is 0.000000121. The van der Waals surface area contributed by atoms with Crippen LogP contribution in [0.3, 0.4) is 0 Å². The van der Waals surface area contributed by atoms with Gasteiger partial charge in [-0.3, -0.25) is 0 Å². The number of aliphatic hydroxyl groups excluding tert-OH is 4. The minimum atomic E-state index is -0.554. The molecule has 0 saturated carbocycles. The number of hydrogen-bond acceptors (Lipinski definition) is 8. The number of ether oxygens (including phenoxy) is 4. The van der Waals surface area contributed by atoms with Crippen LogP contribution in [-0.2, 0) is 18.9 Å².